The zero-order valence-electron chi connectivity index (χ0n) is 19.1. The quantitative estimate of drug-likeness (QED) is 0.163. The third-order valence-corrected chi connectivity index (χ3v) is 7.04. The Hall–Kier alpha value is -0.590. The van der Waals surface area contributed by atoms with Gasteiger partial charge in [-0.25, -0.2) is 0 Å². The molecule has 1 heterocycles. The number of aliphatic hydroxyl groups is 2. The summed E-state index contributed by atoms with van der Waals surface area (Å²) in [6.45, 7) is 5.70. The Bertz CT molecular complexity index is 546. The van der Waals surface area contributed by atoms with Gasteiger partial charge in [0.05, 0.1) is 78.4 Å². The van der Waals surface area contributed by atoms with Crippen molar-refractivity contribution >= 4 is 20.7 Å². The van der Waals surface area contributed by atoms with Crippen LogP contribution in [0.1, 0.15) is 17.8 Å². The van der Waals surface area contributed by atoms with E-state index in [9.17, 15) is 10.2 Å². The number of rotatable bonds is 20. The Kier molecular flexibility index (Phi) is 17.4. The van der Waals surface area contributed by atoms with Gasteiger partial charge in [0.15, 0.2) is 0 Å². The van der Waals surface area contributed by atoms with Crippen LogP contribution in [0.15, 0.2) is 12.1 Å². The van der Waals surface area contributed by atoms with E-state index in [1.54, 1.807) is 19.2 Å². The molecule has 8 nitrogen and oxygen atoms in total. The molecule has 0 bridgehead atoms. The Labute approximate surface area is 193 Å². The van der Waals surface area contributed by atoms with E-state index in [4.69, 9.17) is 18.9 Å². The average Bonchev–Trinajstić information content (AvgIpc) is 2.77. The predicted octanol–water partition coefficient (Wildman–Crippen LogP) is 1.34. The largest absolute Gasteiger partial charge is 0.492 e. The molecule has 0 aromatic carbocycles. The van der Waals surface area contributed by atoms with Gasteiger partial charge in [0.2, 0.25) is 0 Å². The summed E-state index contributed by atoms with van der Waals surface area (Å²) in [6, 6.07) is 3.41. The van der Waals surface area contributed by atoms with Crippen molar-refractivity contribution < 1.29 is 29.2 Å². The van der Waals surface area contributed by atoms with Gasteiger partial charge in [0.1, 0.15) is 24.9 Å². The lowest BCUT2D eigenvalue weighted by Crippen LogP contribution is -2.33. The van der Waals surface area contributed by atoms with E-state index in [0.29, 0.717) is 66.7 Å². The van der Waals surface area contributed by atoms with Crippen LogP contribution in [0.3, 0.4) is 0 Å². The fourth-order valence-electron chi connectivity index (χ4n) is 2.66. The van der Waals surface area contributed by atoms with Crippen molar-refractivity contribution in [1.82, 2.24) is 9.88 Å². The van der Waals surface area contributed by atoms with Gasteiger partial charge < -0.3 is 29.2 Å². The highest BCUT2D eigenvalue weighted by Gasteiger charge is 2.09. The van der Waals surface area contributed by atoms with Crippen molar-refractivity contribution in [1.29, 1.82) is 0 Å². The van der Waals surface area contributed by atoms with Crippen LogP contribution in [0.4, 0.5) is 0 Å². The fraction of sp³-hybridized carbons (Fsp3) is 0.762. The molecule has 0 spiro atoms. The Morgan fingerprint density at radius 1 is 0.903 bits per heavy atom. The third-order valence-electron chi connectivity index (χ3n) is 4.20. The van der Waals surface area contributed by atoms with Crippen LogP contribution in [0, 0.1) is 0 Å². The normalized spacial score (nSPS) is 11.6. The van der Waals surface area contributed by atoms with Crippen molar-refractivity contribution in [2.75, 3.05) is 84.6 Å². The molecule has 0 atom stereocenters. The summed E-state index contributed by atoms with van der Waals surface area (Å²) >= 11 is 0. The maximum atomic E-state index is 9.32. The van der Waals surface area contributed by atoms with Gasteiger partial charge in [-0.05, 0) is 13.0 Å². The van der Waals surface area contributed by atoms with Gasteiger partial charge >= 0.3 is 0 Å². The van der Waals surface area contributed by atoms with Gasteiger partial charge in [-0.2, -0.15) is 0 Å². The monoisotopic (exact) mass is 479 g/mol. The molecule has 1 aromatic heterocycles. The van der Waals surface area contributed by atoms with E-state index in [2.05, 4.69) is 22.4 Å². The van der Waals surface area contributed by atoms with Gasteiger partial charge in [-0.15, -0.1) is 0 Å². The van der Waals surface area contributed by atoms with Crippen LogP contribution in [-0.4, -0.2) is 105 Å². The lowest BCUT2D eigenvalue weighted by Gasteiger charge is -2.22. The van der Waals surface area contributed by atoms with E-state index in [0.717, 1.165) is 31.8 Å². The lowest BCUT2D eigenvalue weighted by atomic mass is 10.3. The van der Waals surface area contributed by atoms with Crippen LogP contribution < -0.4 is 4.74 Å². The Balaban J connectivity index is 2.39. The van der Waals surface area contributed by atoms with Crippen LogP contribution in [0.25, 0.3) is 0 Å². The number of pyridine rings is 1. The molecule has 180 valence electrons. The molecule has 1 aromatic rings. The minimum absolute atomic E-state index is 0.184. The van der Waals surface area contributed by atoms with E-state index in [1.165, 1.54) is 0 Å². The number of nitrogens with zero attached hydrogens (tertiary/aromatic N) is 2. The SMILES string of the molecule is COCCOCCOCCN(CCCS[S+](C)C)CCOc1cc(CO)nc(CO)c1. The van der Waals surface area contributed by atoms with Crippen molar-refractivity contribution in [3.8, 4) is 5.75 Å². The summed E-state index contributed by atoms with van der Waals surface area (Å²) in [5, 5.41) is 18.6. The summed E-state index contributed by atoms with van der Waals surface area (Å²) in [4.78, 5) is 6.48. The molecule has 0 radical (unpaired) electrons. The molecule has 0 unspecified atom stereocenters. The maximum absolute atomic E-state index is 9.32. The first-order valence-electron chi connectivity index (χ1n) is 10.5. The zero-order chi connectivity index (χ0) is 22.7. The molecule has 10 heteroatoms. The minimum Gasteiger partial charge on any atom is -0.492 e. The highest BCUT2D eigenvalue weighted by atomic mass is 33.1. The minimum atomic E-state index is -0.184. The second-order valence-electron chi connectivity index (χ2n) is 6.93. The average molecular weight is 480 g/mol. The highest BCUT2D eigenvalue weighted by Crippen LogP contribution is 2.15. The first kappa shape index (κ1) is 28.4. The molecule has 1 rings (SSSR count). The topological polar surface area (TPSA) is 93.5 Å². The first-order valence-corrected chi connectivity index (χ1v) is 14.1. The number of methoxy groups -OCH3 is 1. The van der Waals surface area contributed by atoms with E-state index in [-0.39, 0.29) is 13.2 Å². The molecular formula is C21H39N2O6S2+. The van der Waals surface area contributed by atoms with Crippen molar-refractivity contribution in [2.24, 2.45) is 0 Å². The zero-order valence-corrected chi connectivity index (χ0v) is 20.7. The van der Waals surface area contributed by atoms with Crippen LogP contribution in [0.2, 0.25) is 0 Å². The van der Waals surface area contributed by atoms with Gasteiger partial charge in [0.25, 0.3) is 0 Å². The smallest absolute Gasteiger partial charge is 0.123 e. The van der Waals surface area contributed by atoms with E-state index in [1.807, 2.05) is 10.8 Å². The molecule has 0 amide bonds. The molecule has 31 heavy (non-hydrogen) atoms. The van der Waals surface area contributed by atoms with Gasteiger partial charge in [-0.1, -0.05) is 0 Å². The predicted molar refractivity (Wildman–Crippen MR) is 128 cm³/mol. The molecule has 0 aliphatic carbocycles. The molecular weight excluding hydrogens is 440 g/mol. The third kappa shape index (κ3) is 15.0. The second-order valence-corrected chi connectivity index (χ2v) is 11.8. The molecule has 0 aliphatic rings. The number of aliphatic hydroxyl groups excluding tert-OH is 2. The highest BCUT2D eigenvalue weighted by molar-refractivity contribution is 8.73. The second kappa shape index (κ2) is 18.9. The Morgan fingerprint density at radius 2 is 1.52 bits per heavy atom. The summed E-state index contributed by atoms with van der Waals surface area (Å²) < 4.78 is 21.9. The number of ether oxygens (including phenoxy) is 4. The molecule has 0 fully saturated rings. The van der Waals surface area contributed by atoms with Crippen molar-refractivity contribution in [3.05, 3.63) is 23.5 Å². The lowest BCUT2D eigenvalue weighted by molar-refractivity contribution is 0.0188. The molecule has 2 N–H and O–H groups in total. The maximum Gasteiger partial charge on any atom is 0.123 e. The van der Waals surface area contributed by atoms with Crippen LogP contribution in [0.5, 0.6) is 5.75 Å². The van der Waals surface area contributed by atoms with Crippen molar-refractivity contribution in [3.63, 3.8) is 0 Å². The Morgan fingerprint density at radius 3 is 2.13 bits per heavy atom. The molecule has 0 saturated heterocycles. The van der Waals surface area contributed by atoms with E-state index >= 15 is 0 Å². The van der Waals surface area contributed by atoms with Crippen LogP contribution in [-0.2, 0) is 37.4 Å². The van der Waals surface area contributed by atoms with E-state index < -0.39 is 0 Å². The summed E-state index contributed by atoms with van der Waals surface area (Å²) in [5.41, 5.74) is 0.983. The number of hydrogen-bond donors (Lipinski definition) is 2. The first-order chi connectivity index (χ1) is 15.1. The summed E-state index contributed by atoms with van der Waals surface area (Å²) in [7, 11) is 4.06. The number of aromatic nitrogens is 1. The number of hydrogen-bond acceptors (Lipinski definition) is 9. The molecule has 0 saturated carbocycles. The standard InChI is InChI=1S/C21H39N2O6S2/c1-26-10-11-28-13-12-27-8-6-23(5-4-14-30-31(2)3)7-9-29-21-15-19(17-24)22-20(16-21)18-25/h15-16,24-25H,4-14,17-18H2,1-3H3/q+1. The van der Waals surface area contributed by atoms with Crippen molar-refractivity contribution in [2.45, 2.75) is 19.6 Å². The van der Waals surface area contributed by atoms with Gasteiger partial charge in [-0.3, -0.25) is 9.88 Å². The van der Waals surface area contributed by atoms with Crippen LogP contribution >= 0.6 is 10.8 Å². The van der Waals surface area contributed by atoms with Gasteiger partial charge in [0, 0.05) is 38.1 Å². The molecule has 0 aliphatic heterocycles. The summed E-state index contributed by atoms with van der Waals surface area (Å²) in [5.74, 6) is 1.76. The fourth-order valence-corrected chi connectivity index (χ4v) is 4.60. The summed E-state index contributed by atoms with van der Waals surface area (Å²) in [6.07, 6.45) is 5.61.